The van der Waals surface area contributed by atoms with Crippen LogP contribution in [0.1, 0.15) is 22.8 Å². The van der Waals surface area contributed by atoms with E-state index in [-0.39, 0.29) is 22.8 Å². The van der Waals surface area contributed by atoms with Crippen molar-refractivity contribution >= 4 is 23.3 Å². The number of nitriles is 1. The number of nitrogens with zero attached hydrogens (tertiary/aromatic N) is 2. The lowest BCUT2D eigenvalue weighted by Crippen LogP contribution is -2.08. The van der Waals surface area contributed by atoms with E-state index in [1.165, 1.54) is 0 Å². The number of ether oxygens (including phenoxy) is 1. The number of esters is 1. The van der Waals surface area contributed by atoms with E-state index >= 15 is 0 Å². The minimum Gasteiger partial charge on any atom is -0.462 e. The Labute approximate surface area is 102 Å². The molecule has 17 heavy (non-hydrogen) atoms. The van der Waals surface area contributed by atoms with Crippen molar-refractivity contribution in [1.82, 2.24) is 0 Å². The summed E-state index contributed by atoms with van der Waals surface area (Å²) in [6.45, 7) is 1.66. The molecule has 6 nitrogen and oxygen atoms in total. The summed E-state index contributed by atoms with van der Waals surface area (Å²) >= 11 is 5.65. The second-order valence-electron chi connectivity index (χ2n) is 2.94. The smallest absolute Gasteiger partial charge is 0.345 e. The normalized spacial score (nSPS) is 9.47. The number of carbonyl (C=O) groups excluding carboxylic acids is 1. The molecule has 0 aromatic heterocycles. The average molecular weight is 255 g/mol. The van der Waals surface area contributed by atoms with E-state index in [1.807, 2.05) is 0 Å². The van der Waals surface area contributed by atoms with Crippen LogP contribution in [0.25, 0.3) is 0 Å². The molecule has 0 heterocycles. The van der Waals surface area contributed by atoms with Gasteiger partial charge in [-0.25, -0.2) is 4.79 Å². The van der Waals surface area contributed by atoms with Gasteiger partial charge < -0.3 is 4.74 Å². The summed E-state index contributed by atoms with van der Waals surface area (Å²) in [5, 5.41) is 19.4. The lowest BCUT2D eigenvalue weighted by molar-refractivity contribution is -0.385. The van der Waals surface area contributed by atoms with Gasteiger partial charge in [-0.05, 0) is 13.0 Å². The summed E-state index contributed by atoms with van der Waals surface area (Å²) in [6.07, 6.45) is 0. The summed E-state index contributed by atoms with van der Waals surface area (Å²) in [6, 6.07) is 3.76. The molecule has 0 saturated carbocycles. The molecule has 0 unspecified atom stereocenters. The summed E-state index contributed by atoms with van der Waals surface area (Å²) in [7, 11) is 0. The monoisotopic (exact) mass is 254 g/mol. The third-order valence-electron chi connectivity index (χ3n) is 1.90. The van der Waals surface area contributed by atoms with Crippen LogP contribution in [0.15, 0.2) is 12.1 Å². The number of hydrogen-bond acceptors (Lipinski definition) is 5. The highest BCUT2D eigenvalue weighted by molar-refractivity contribution is 6.32. The largest absolute Gasteiger partial charge is 0.462 e. The van der Waals surface area contributed by atoms with Gasteiger partial charge in [0.1, 0.15) is 11.6 Å². The highest BCUT2D eigenvalue weighted by atomic mass is 35.5. The Morgan fingerprint density at radius 2 is 2.29 bits per heavy atom. The van der Waals surface area contributed by atoms with Crippen molar-refractivity contribution in [2.75, 3.05) is 6.61 Å². The maximum atomic E-state index is 11.5. The molecular formula is C10H7ClN2O4. The number of carbonyl (C=O) groups is 1. The molecule has 1 rings (SSSR count). The van der Waals surface area contributed by atoms with Gasteiger partial charge in [-0.3, -0.25) is 10.1 Å². The maximum absolute atomic E-state index is 11.5. The van der Waals surface area contributed by atoms with E-state index < -0.39 is 16.6 Å². The Balaban J connectivity index is 3.40. The first kappa shape index (κ1) is 12.9. The quantitative estimate of drug-likeness (QED) is 0.469. The van der Waals surface area contributed by atoms with E-state index in [0.717, 1.165) is 12.1 Å². The van der Waals surface area contributed by atoms with Crippen LogP contribution < -0.4 is 0 Å². The highest BCUT2D eigenvalue weighted by Crippen LogP contribution is 2.27. The van der Waals surface area contributed by atoms with E-state index in [4.69, 9.17) is 16.9 Å². The molecule has 7 heteroatoms. The fourth-order valence-electron chi connectivity index (χ4n) is 1.17. The van der Waals surface area contributed by atoms with Crippen LogP contribution in [0.4, 0.5) is 5.69 Å². The van der Waals surface area contributed by atoms with Crippen LogP contribution in [0.3, 0.4) is 0 Å². The minimum absolute atomic E-state index is 0.0136. The first-order valence-electron chi connectivity index (χ1n) is 4.56. The molecular weight excluding hydrogens is 248 g/mol. The van der Waals surface area contributed by atoms with Gasteiger partial charge in [0, 0.05) is 6.07 Å². The fraction of sp³-hybridized carbons (Fsp3) is 0.200. The number of benzene rings is 1. The van der Waals surface area contributed by atoms with Crippen molar-refractivity contribution < 1.29 is 14.5 Å². The van der Waals surface area contributed by atoms with Crippen molar-refractivity contribution in [3.05, 3.63) is 38.4 Å². The zero-order valence-corrected chi connectivity index (χ0v) is 9.52. The molecule has 0 aliphatic heterocycles. The number of halogens is 1. The third kappa shape index (κ3) is 2.71. The molecule has 0 amide bonds. The van der Waals surface area contributed by atoms with E-state index in [9.17, 15) is 14.9 Å². The maximum Gasteiger partial charge on any atom is 0.345 e. The zero-order valence-electron chi connectivity index (χ0n) is 8.77. The standard InChI is InChI=1S/C10H7ClN2O4/c1-2-17-10(14)7-3-6(5-12)8(11)4-9(7)13(15)16/h3-4H,2H2,1H3. The van der Waals surface area contributed by atoms with Gasteiger partial charge in [-0.15, -0.1) is 0 Å². The lowest BCUT2D eigenvalue weighted by atomic mass is 10.1. The number of nitro benzene ring substituents is 1. The van der Waals surface area contributed by atoms with Gasteiger partial charge in [0.15, 0.2) is 0 Å². The van der Waals surface area contributed by atoms with Crippen molar-refractivity contribution in [1.29, 1.82) is 5.26 Å². The lowest BCUT2D eigenvalue weighted by Gasteiger charge is -2.04. The van der Waals surface area contributed by atoms with Crippen molar-refractivity contribution in [3.63, 3.8) is 0 Å². The Morgan fingerprint density at radius 1 is 1.65 bits per heavy atom. The van der Waals surface area contributed by atoms with Gasteiger partial charge >= 0.3 is 5.97 Å². The Kier molecular flexibility index (Phi) is 4.01. The minimum atomic E-state index is -0.854. The molecule has 0 radical (unpaired) electrons. The molecule has 88 valence electrons. The topological polar surface area (TPSA) is 93.2 Å². The molecule has 1 aromatic rings. The third-order valence-corrected chi connectivity index (χ3v) is 2.21. The first-order chi connectivity index (χ1) is 8.01. The Bertz CT molecular complexity index is 522. The SMILES string of the molecule is CCOC(=O)c1cc(C#N)c(Cl)cc1[N+](=O)[O-]. The second-order valence-corrected chi connectivity index (χ2v) is 3.35. The Morgan fingerprint density at radius 3 is 2.76 bits per heavy atom. The molecule has 1 aromatic carbocycles. The molecule has 0 atom stereocenters. The van der Waals surface area contributed by atoms with Crippen LogP contribution >= 0.6 is 11.6 Å². The average Bonchev–Trinajstić information content (AvgIpc) is 2.28. The van der Waals surface area contributed by atoms with Crippen molar-refractivity contribution in [2.24, 2.45) is 0 Å². The van der Waals surface area contributed by atoms with Gasteiger partial charge in [-0.1, -0.05) is 11.6 Å². The van der Waals surface area contributed by atoms with E-state index in [0.29, 0.717) is 0 Å². The molecule has 0 saturated heterocycles. The number of rotatable bonds is 3. The molecule has 0 aliphatic carbocycles. The van der Waals surface area contributed by atoms with Crippen LogP contribution in [-0.2, 0) is 4.74 Å². The van der Waals surface area contributed by atoms with E-state index in [2.05, 4.69) is 4.74 Å². The number of nitro groups is 1. The molecule has 0 fully saturated rings. The first-order valence-corrected chi connectivity index (χ1v) is 4.94. The van der Waals surface area contributed by atoms with Crippen LogP contribution in [0.2, 0.25) is 5.02 Å². The fourth-order valence-corrected chi connectivity index (χ4v) is 1.37. The summed E-state index contributed by atoms with van der Waals surface area (Å²) < 4.78 is 4.66. The Hall–Kier alpha value is -2.13. The summed E-state index contributed by atoms with van der Waals surface area (Å²) in [4.78, 5) is 21.5. The highest BCUT2D eigenvalue weighted by Gasteiger charge is 2.23. The van der Waals surface area contributed by atoms with Crippen molar-refractivity contribution in [3.8, 4) is 6.07 Å². The van der Waals surface area contributed by atoms with Gasteiger partial charge in [-0.2, -0.15) is 5.26 Å². The molecule has 0 N–H and O–H groups in total. The predicted octanol–water partition coefficient (Wildman–Crippen LogP) is 2.30. The number of hydrogen-bond donors (Lipinski definition) is 0. The molecule has 0 aliphatic rings. The van der Waals surface area contributed by atoms with Crippen LogP contribution in [0, 0.1) is 21.4 Å². The van der Waals surface area contributed by atoms with Gasteiger partial charge in [0.25, 0.3) is 5.69 Å². The summed E-state index contributed by atoms with van der Waals surface area (Å²) in [5.74, 6) is -0.854. The second kappa shape index (κ2) is 5.27. The zero-order chi connectivity index (χ0) is 13.0. The summed E-state index contributed by atoms with van der Waals surface area (Å²) in [5.41, 5.74) is -0.773. The van der Waals surface area contributed by atoms with E-state index in [1.54, 1.807) is 13.0 Å². The van der Waals surface area contributed by atoms with Crippen LogP contribution in [-0.4, -0.2) is 17.5 Å². The van der Waals surface area contributed by atoms with Crippen LogP contribution in [0.5, 0.6) is 0 Å². The van der Waals surface area contributed by atoms with Gasteiger partial charge in [0.05, 0.1) is 22.1 Å². The molecule has 0 bridgehead atoms. The van der Waals surface area contributed by atoms with Crippen molar-refractivity contribution in [2.45, 2.75) is 6.92 Å². The van der Waals surface area contributed by atoms with Gasteiger partial charge in [0.2, 0.25) is 0 Å². The molecule has 0 spiro atoms. The predicted molar refractivity (Wildman–Crippen MR) is 58.8 cm³/mol.